The van der Waals surface area contributed by atoms with E-state index < -0.39 is 124 Å². The number of rotatable bonds is 16. The first-order chi connectivity index (χ1) is 35.8. The molecule has 0 aliphatic carbocycles. The number of benzene rings is 3. The second-order valence-electron chi connectivity index (χ2n) is 13.9. The van der Waals surface area contributed by atoms with Crippen molar-refractivity contribution in [2.75, 3.05) is 49.8 Å². The monoisotopic (exact) mass is 1260 g/mol. The highest BCUT2D eigenvalue weighted by atomic mass is 35.5. The Labute approximate surface area is 456 Å². The van der Waals surface area contributed by atoms with Gasteiger partial charge in [-0.15, -0.1) is 0 Å². The number of anilines is 2. The lowest BCUT2D eigenvalue weighted by atomic mass is 10.2. The van der Waals surface area contributed by atoms with Crippen LogP contribution in [-0.2, 0) is 36.5 Å². The Morgan fingerprint density at radius 1 is 0.885 bits per heavy atom. The number of nitrogens with one attached hydrogen (secondary N) is 3. The summed E-state index contributed by atoms with van der Waals surface area (Å²) in [5.41, 5.74) is 3.02. The van der Waals surface area contributed by atoms with Crippen molar-refractivity contribution < 1.29 is 107 Å². The molecule has 5 aromatic rings. The third-order valence-electron chi connectivity index (χ3n) is 7.56. The summed E-state index contributed by atoms with van der Waals surface area (Å²) >= 11 is 22.9. The molecular formula is C38H37Cl4F7N9O17PS2. The molecule has 1 unspecified atom stereocenters. The van der Waals surface area contributed by atoms with Crippen LogP contribution in [0.4, 0.5) is 53.0 Å². The average Bonchev–Trinajstić information content (AvgIpc) is 3.66. The van der Waals surface area contributed by atoms with Gasteiger partial charge in [0, 0.05) is 0 Å². The van der Waals surface area contributed by atoms with E-state index in [1.165, 1.54) is 36.1 Å². The number of hydrogen-bond acceptors (Lipinski definition) is 18. The summed E-state index contributed by atoms with van der Waals surface area (Å²) in [7, 11) is -7.08. The Hall–Kier alpha value is -6.69. The van der Waals surface area contributed by atoms with Crippen molar-refractivity contribution in [2.24, 2.45) is 0 Å². The highest BCUT2D eigenvalue weighted by molar-refractivity contribution is 7.94. The van der Waals surface area contributed by atoms with Crippen molar-refractivity contribution in [2.45, 2.75) is 24.3 Å². The molecule has 9 N–H and O–H groups in total. The van der Waals surface area contributed by atoms with Crippen LogP contribution in [0, 0.1) is 10.1 Å². The molecule has 0 fully saturated rings. The van der Waals surface area contributed by atoms with Gasteiger partial charge < -0.3 is 49.6 Å². The number of carboxylic acid groups (broad SMARTS) is 3. The Morgan fingerprint density at radius 2 is 1.38 bits per heavy atom. The molecular weight excluding hydrogens is 1220 g/mol. The number of urea groups is 1. The molecule has 0 radical (unpaired) electrons. The SMILES string of the molecule is COc1c(Cl)ccc(Cl)c1C(=O)O.C[S+](C)C.Nc1c([N+](=O)[O-])cnn1-c1c(Cl)cc(C(F)(F)F)cc1Cl.O=C(Nc1nc(OC(F)F)cc(OC(F)F)n1)NS(=O)(=O)c1ccccc1C(=O)O.O=C(O)CNCP(=O)([O-])O. The molecule has 0 aliphatic heterocycles. The number of methoxy groups -OCH3 is 1. The maximum atomic E-state index is 12.6. The molecule has 26 nitrogen and oxygen atoms in total. The van der Waals surface area contributed by atoms with Gasteiger partial charge >= 0.3 is 49.0 Å². The zero-order chi connectivity index (χ0) is 60.2. The third-order valence-corrected chi connectivity index (χ3v) is 10.8. The van der Waals surface area contributed by atoms with Crippen molar-refractivity contribution in [3.8, 4) is 23.2 Å². The van der Waals surface area contributed by atoms with Crippen molar-refractivity contribution >= 4 is 116 Å². The maximum absolute atomic E-state index is 12.6. The minimum absolute atomic E-state index is 0.0849. The maximum Gasteiger partial charge on any atom is 0.416 e. The van der Waals surface area contributed by atoms with Crippen LogP contribution in [0.1, 0.15) is 26.3 Å². The molecule has 0 saturated carbocycles. The molecule has 0 bridgehead atoms. The quantitative estimate of drug-likeness (QED) is 0.0163. The second-order valence-corrected chi connectivity index (χ2v) is 21.3. The number of nitrogens with zero attached hydrogens (tertiary/aromatic N) is 5. The standard InChI is InChI=1S/C14H10F4N4O7S.C10H5Cl2F3N4O2.C8H6Cl2O3.C3H8NO5P.C3H9S/c15-11(16)28-8-5-9(29-12(17)18)20-13(19-8)21-14(25)22-30(26,27)7-4-2-1-3-6(7)10(23)24;11-5-1-4(10(13,14)15)2-6(12)8(5)18-9(16)7(3-17-18)19(20)21;1-13-7-5(10)3-2-4(9)6(7)8(11)12;5-3(6)1-4-2-10(7,8)9;1-4(2)3/h1-5,11-12H,(H,23,24)(H2,19,20,21,22,25);1-3H,16H2;2-3H,1H3,(H,11,12);4H,1-2H2,(H,5,6)(H2,7,8,9);1-3H3/q;;;;+1/p-1. The molecule has 430 valence electrons. The molecule has 0 saturated heterocycles. The van der Waals surface area contributed by atoms with E-state index >= 15 is 0 Å². The first kappa shape index (κ1) is 69.3. The largest absolute Gasteiger partial charge is 0.778 e. The summed E-state index contributed by atoms with van der Waals surface area (Å²) in [5, 5.41) is 43.3. The highest BCUT2D eigenvalue weighted by Crippen LogP contribution is 2.39. The van der Waals surface area contributed by atoms with Crippen LogP contribution in [0.25, 0.3) is 5.69 Å². The van der Waals surface area contributed by atoms with Crippen molar-refractivity contribution in [3.05, 3.63) is 108 Å². The van der Waals surface area contributed by atoms with Crippen LogP contribution in [0.2, 0.25) is 20.1 Å². The third kappa shape index (κ3) is 23.9. The van der Waals surface area contributed by atoms with E-state index in [0.29, 0.717) is 29.1 Å². The van der Waals surface area contributed by atoms with E-state index in [-0.39, 0.29) is 37.1 Å². The van der Waals surface area contributed by atoms with Gasteiger partial charge in [-0.25, -0.2) is 32.2 Å². The molecule has 2 heterocycles. The fourth-order valence-corrected chi connectivity index (χ4v) is 7.39. The average molecular weight is 1260 g/mol. The fraction of sp³-hybridized carbons (Fsp3) is 0.237. The molecule has 0 aliphatic rings. The van der Waals surface area contributed by atoms with Crippen molar-refractivity contribution in [1.82, 2.24) is 29.8 Å². The van der Waals surface area contributed by atoms with Crippen LogP contribution >= 0.6 is 54.0 Å². The Bertz CT molecular complexity index is 3040. The lowest BCUT2D eigenvalue weighted by molar-refractivity contribution is -0.383. The van der Waals surface area contributed by atoms with E-state index in [4.69, 9.17) is 77.1 Å². The summed E-state index contributed by atoms with van der Waals surface area (Å²) < 4.78 is 136. The molecule has 0 spiro atoms. The minimum Gasteiger partial charge on any atom is -0.778 e. The van der Waals surface area contributed by atoms with Gasteiger partial charge in [-0.2, -0.15) is 45.8 Å². The van der Waals surface area contributed by atoms with Gasteiger partial charge in [0.2, 0.25) is 23.5 Å². The number of ether oxygens (including phenoxy) is 3. The topological polar surface area (TPSA) is 400 Å². The number of amides is 2. The minimum atomic E-state index is -4.71. The number of nitrogen functional groups attached to an aromatic ring is 1. The number of aromatic carboxylic acids is 2. The summed E-state index contributed by atoms with van der Waals surface area (Å²) in [6, 6.07) is 7.39. The first-order valence-electron chi connectivity index (χ1n) is 19.5. The number of alkyl halides is 7. The number of hydrogen-bond donors (Lipinski definition) is 8. The van der Waals surface area contributed by atoms with Crippen LogP contribution in [0.3, 0.4) is 0 Å². The fourth-order valence-electron chi connectivity index (χ4n) is 4.78. The summed E-state index contributed by atoms with van der Waals surface area (Å²) in [6.45, 7) is -7.30. The number of carboxylic acids is 3. The number of aromatic nitrogens is 4. The molecule has 2 amide bonds. The van der Waals surface area contributed by atoms with Gasteiger partial charge in [0.25, 0.3) is 10.0 Å². The number of carbonyl (C=O) groups is 4. The van der Waals surface area contributed by atoms with Gasteiger partial charge in [0.1, 0.15) is 29.9 Å². The smallest absolute Gasteiger partial charge is 0.416 e. The van der Waals surface area contributed by atoms with Crippen LogP contribution < -0.4 is 40.2 Å². The number of halogens is 11. The molecule has 1 atom stereocenters. The van der Waals surface area contributed by atoms with Gasteiger partial charge in [0.15, 0.2) is 5.75 Å². The second kappa shape index (κ2) is 31.0. The van der Waals surface area contributed by atoms with E-state index in [1.807, 2.05) is 5.32 Å². The van der Waals surface area contributed by atoms with Crippen molar-refractivity contribution in [3.63, 3.8) is 0 Å². The van der Waals surface area contributed by atoms with Gasteiger partial charge in [-0.3, -0.25) is 25.5 Å². The van der Waals surface area contributed by atoms with Crippen LogP contribution in [-0.4, -0.2) is 129 Å². The van der Waals surface area contributed by atoms with Crippen LogP contribution in [0.5, 0.6) is 17.5 Å². The molecule has 3 aromatic carbocycles. The number of sulfonamides is 1. The number of nitrogens with two attached hydrogens (primary N) is 1. The van der Waals surface area contributed by atoms with E-state index in [0.717, 1.165) is 23.0 Å². The first-order valence-corrected chi connectivity index (χ1v) is 26.7. The number of nitro groups is 1. The van der Waals surface area contributed by atoms with Crippen molar-refractivity contribution in [1.29, 1.82) is 0 Å². The zero-order valence-electron chi connectivity index (χ0n) is 39.2. The van der Waals surface area contributed by atoms with Crippen LogP contribution in [0.15, 0.2) is 65.7 Å². The lowest BCUT2D eigenvalue weighted by Crippen LogP contribution is -2.35. The summed E-state index contributed by atoms with van der Waals surface area (Å²) in [6.07, 6.45) is 2.09. The number of aliphatic carboxylic acids is 1. The molecule has 40 heteroatoms. The predicted octanol–water partition coefficient (Wildman–Crippen LogP) is 6.93. The molecule has 78 heavy (non-hydrogen) atoms. The zero-order valence-corrected chi connectivity index (χ0v) is 44.7. The van der Waals surface area contributed by atoms with E-state index in [2.05, 4.69) is 43.3 Å². The lowest BCUT2D eigenvalue weighted by Gasteiger charge is -2.14. The highest BCUT2D eigenvalue weighted by Gasteiger charge is 2.33. The number of carbonyl (C=O) groups excluding carboxylic acids is 1. The molecule has 5 rings (SSSR count). The Morgan fingerprint density at radius 3 is 1.78 bits per heavy atom. The summed E-state index contributed by atoms with van der Waals surface area (Å²) in [4.78, 5) is 77.2. The van der Waals surface area contributed by atoms with E-state index in [1.54, 1.807) is 5.32 Å². The summed E-state index contributed by atoms with van der Waals surface area (Å²) in [5.74, 6) is -7.11. The molecule has 2 aromatic heterocycles. The van der Waals surface area contributed by atoms with E-state index in [9.17, 15) is 77.9 Å². The van der Waals surface area contributed by atoms with Gasteiger partial charge in [-0.1, -0.05) is 58.5 Å². The van der Waals surface area contributed by atoms with Gasteiger partial charge in [-0.05, 0) is 47.3 Å². The Balaban J connectivity index is 0.000000548. The normalized spacial score (nSPS) is 11.6. The predicted molar refractivity (Wildman–Crippen MR) is 263 cm³/mol. The van der Waals surface area contributed by atoms with Gasteiger partial charge in [0.05, 0.1) is 80.9 Å². The Kier molecular flexibility index (Phi) is 27.6.